The lowest BCUT2D eigenvalue weighted by molar-refractivity contribution is 0.660. The number of anilines is 3. The van der Waals surface area contributed by atoms with Gasteiger partial charge in [0.2, 0.25) is 0 Å². The van der Waals surface area contributed by atoms with Crippen molar-refractivity contribution >= 4 is 17.1 Å². The third-order valence-electron chi connectivity index (χ3n) is 11.8. The quantitative estimate of drug-likeness (QED) is 0.169. The van der Waals surface area contributed by atoms with E-state index in [0.29, 0.717) is 0 Å². The zero-order chi connectivity index (χ0) is 35.6. The van der Waals surface area contributed by atoms with Crippen LogP contribution >= 0.6 is 0 Å². The van der Waals surface area contributed by atoms with E-state index in [1.54, 1.807) is 0 Å². The second kappa shape index (κ2) is 12.1. The van der Waals surface area contributed by atoms with Crippen molar-refractivity contribution < 1.29 is 0 Å². The van der Waals surface area contributed by atoms with Gasteiger partial charge in [0.25, 0.3) is 0 Å². The molecule has 0 heterocycles. The minimum atomic E-state index is -0.461. The molecule has 0 atom stereocenters. The normalized spacial score (nSPS) is 14.2. The Hall–Kier alpha value is -6.44. The number of para-hydroxylation sites is 1. The van der Waals surface area contributed by atoms with E-state index >= 15 is 0 Å². The molecule has 0 radical (unpaired) electrons. The van der Waals surface area contributed by atoms with Crippen molar-refractivity contribution in [1.29, 1.82) is 0 Å². The summed E-state index contributed by atoms with van der Waals surface area (Å²) in [6.45, 7) is 4.70. The van der Waals surface area contributed by atoms with Gasteiger partial charge >= 0.3 is 0 Å². The molecule has 0 fully saturated rings. The van der Waals surface area contributed by atoms with Crippen LogP contribution in [0, 0.1) is 0 Å². The Kier molecular flexibility index (Phi) is 7.13. The maximum Gasteiger partial charge on any atom is 0.0714 e. The molecule has 0 saturated heterocycles. The highest BCUT2D eigenvalue weighted by Crippen LogP contribution is 2.56. The monoisotopic (exact) mass is 677 g/mol. The Morgan fingerprint density at radius 2 is 0.792 bits per heavy atom. The highest BCUT2D eigenvalue weighted by molar-refractivity contribution is 5.88. The van der Waals surface area contributed by atoms with E-state index in [4.69, 9.17) is 0 Å². The summed E-state index contributed by atoms with van der Waals surface area (Å²) in [6.07, 6.45) is 0. The number of hydrogen-bond acceptors (Lipinski definition) is 1. The molecule has 8 aromatic carbocycles. The maximum absolute atomic E-state index is 2.41. The summed E-state index contributed by atoms with van der Waals surface area (Å²) in [7, 11) is 0. The van der Waals surface area contributed by atoms with Crippen LogP contribution in [0.4, 0.5) is 17.1 Å². The van der Waals surface area contributed by atoms with Crippen LogP contribution in [0.2, 0.25) is 0 Å². The van der Waals surface area contributed by atoms with Crippen LogP contribution in [0.25, 0.3) is 33.4 Å². The zero-order valence-electron chi connectivity index (χ0n) is 30.0. The molecule has 0 N–H and O–H groups in total. The Bertz CT molecular complexity index is 2590. The van der Waals surface area contributed by atoms with Crippen molar-refractivity contribution in [1.82, 2.24) is 0 Å². The molecule has 0 bridgehead atoms. The summed E-state index contributed by atoms with van der Waals surface area (Å²) in [5.74, 6) is 0. The Morgan fingerprint density at radius 3 is 1.45 bits per heavy atom. The van der Waals surface area contributed by atoms with Gasteiger partial charge in [-0.25, -0.2) is 0 Å². The second-order valence-electron chi connectivity index (χ2n) is 14.9. The van der Waals surface area contributed by atoms with Crippen molar-refractivity contribution in [3.8, 4) is 33.4 Å². The number of nitrogens with zero attached hydrogens (tertiary/aromatic N) is 1. The van der Waals surface area contributed by atoms with Crippen LogP contribution < -0.4 is 4.90 Å². The molecule has 0 aromatic heterocycles. The third-order valence-corrected chi connectivity index (χ3v) is 11.8. The van der Waals surface area contributed by atoms with E-state index in [1.165, 1.54) is 66.8 Å². The van der Waals surface area contributed by atoms with E-state index in [0.717, 1.165) is 17.1 Å². The number of hydrogen-bond donors (Lipinski definition) is 0. The van der Waals surface area contributed by atoms with Gasteiger partial charge in [-0.05, 0) is 109 Å². The van der Waals surface area contributed by atoms with Gasteiger partial charge < -0.3 is 4.90 Å². The van der Waals surface area contributed by atoms with Crippen LogP contribution in [0.15, 0.2) is 200 Å². The van der Waals surface area contributed by atoms with E-state index in [9.17, 15) is 0 Å². The molecule has 0 spiro atoms. The highest BCUT2D eigenvalue weighted by Gasteiger charge is 2.46. The Labute approximate surface area is 312 Å². The molecule has 0 saturated carbocycles. The number of benzene rings is 8. The van der Waals surface area contributed by atoms with Crippen molar-refractivity contribution in [2.45, 2.75) is 24.7 Å². The topological polar surface area (TPSA) is 3.24 Å². The standard InChI is InChI=1S/C52H39N/c1-51(2)47-25-12-9-22-43(47)46-33-30-37(34-50(46)51)36-28-31-41(32-29-36)53(40-19-7-4-8-20-40)42-21-15-18-39(35-42)52(38-16-5-3-6-17-38)48-26-13-10-23-44(48)45-24-11-14-27-49(45)52/h3-35H,1-2H3. The lowest BCUT2D eigenvalue weighted by Gasteiger charge is -2.35. The maximum atomic E-state index is 2.41. The molecule has 2 aliphatic carbocycles. The predicted octanol–water partition coefficient (Wildman–Crippen LogP) is 13.5. The fourth-order valence-electron chi connectivity index (χ4n) is 9.30. The van der Waals surface area contributed by atoms with Gasteiger partial charge in [-0.1, -0.05) is 172 Å². The SMILES string of the molecule is CC1(C)c2ccccc2-c2ccc(-c3ccc(N(c4ccccc4)c4cccc(C5(c6ccccc6)c6ccccc6-c6ccccc65)c4)cc3)cc21. The van der Waals surface area contributed by atoms with E-state index in [-0.39, 0.29) is 5.41 Å². The summed E-state index contributed by atoms with van der Waals surface area (Å²) in [4.78, 5) is 2.39. The van der Waals surface area contributed by atoms with Crippen LogP contribution in [-0.4, -0.2) is 0 Å². The molecule has 2 aliphatic rings. The van der Waals surface area contributed by atoms with E-state index < -0.39 is 5.41 Å². The van der Waals surface area contributed by atoms with Gasteiger partial charge in [-0.15, -0.1) is 0 Å². The van der Waals surface area contributed by atoms with Crippen LogP contribution in [-0.2, 0) is 10.8 Å². The molecule has 252 valence electrons. The first-order valence-corrected chi connectivity index (χ1v) is 18.6. The number of rotatable bonds is 6. The van der Waals surface area contributed by atoms with Crippen LogP contribution in [0.3, 0.4) is 0 Å². The highest BCUT2D eigenvalue weighted by atomic mass is 15.1. The molecule has 0 aliphatic heterocycles. The summed E-state index contributed by atoms with van der Waals surface area (Å²) in [5.41, 5.74) is 18.6. The van der Waals surface area contributed by atoms with Gasteiger partial charge in [0.15, 0.2) is 0 Å². The second-order valence-corrected chi connectivity index (χ2v) is 14.9. The predicted molar refractivity (Wildman–Crippen MR) is 221 cm³/mol. The molecular weight excluding hydrogens is 639 g/mol. The average Bonchev–Trinajstić information content (AvgIpc) is 3.65. The smallest absolute Gasteiger partial charge is 0.0714 e. The minimum absolute atomic E-state index is 0.0333. The largest absolute Gasteiger partial charge is 0.310 e. The van der Waals surface area contributed by atoms with Crippen LogP contribution in [0.1, 0.15) is 47.2 Å². The summed E-state index contributed by atoms with van der Waals surface area (Å²) >= 11 is 0. The van der Waals surface area contributed by atoms with Gasteiger partial charge in [-0.3, -0.25) is 0 Å². The van der Waals surface area contributed by atoms with Crippen molar-refractivity contribution in [2.24, 2.45) is 0 Å². The number of fused-ring (bicyclic) bond motifs is 6. The van der Waals surface area contributed by atoms with Crippen molar-refractivity contribution in [3.63, 3.8) is 0 Å². The van der Waals surface area contributed by atoms with Crippen molar-refractivity contribution in [2.75, 3.05) is 4.90 Å². The van der Waals surface area contributed by atoms with Gasteiger partial charge in [0.1, 0.15) is 0 Å². The Balaban J connectivity index is 1.10. The molecule has 53 heavy (non-hydrogen) atoms. The molecule has 8 aromatic rings. The molecule has 10 rings (SSSR count). The van der Waals surface area contributed by atoms with Gasteiger partial charge in [0.05, 0.1) is 5.41 Å². The van der Waals surface area contributed by atoms with Crippen molar-refractivity contribution in [3.05, 3.63) is 234 Å². The zero-order valence-corrected chi connectivity index (χ0v) is 30.0. The van der Waals surface area contributed by atoms with E-state index in [1.807, 2.05) is 0 Å². The summed E-state index contributed by atoms with van der Waals surface area (Å²) in [6, 6.07) is 73.8. The first kappa shape index (κ1) is 31.3. The molecule has 1 nitrogen and oxygen atoms in total. The van der Waals surface area contributed by atoms with Crippen LogP contribution in [0.5, 0.6) is 0 Å². The third kappa shape index (κ3) is 4.70. The Morgan fingerprint density at radius 1 is 0.321 bits per heavy atom. The summed E-state index contributed by atoms with van der Waals surface area (Å²) in [5, 5.41) is 0. The average molecular weight is 678 g/mol. The van der Waals surface area contributed by atoms with E-state index in [2.05, 4.69) is 219 Å². The lowest BCUT2D eigenvalue weighted by Crippen LogP contribution is -2.28. The molecule has 1 heteroatoms. The van der Waals surface area contributed by atoms with Gasteiger partial charge in [-0.2, -0.15) is 0 Å². The van der Waals surface area contributed by atoms with Gasteiger partial charge in [0, 0.05) is 22.5 Å². The molecule has 0 unspecified atom stereocenters. The first-order chi connectivity index (χ1) is 26.0. The molecular formula is C52H39N. The summed E-state index contributed by atoms with van der Waals surface area (Å²) < 4.78 is 0. The first-order valence-electron chi connectivity index (χ1n) is 18.6. The fourth-order valence-corrected chi connectivity index (χ4v) is 9.30. The lowest BCUT2D eigenvalue weighted by atomic mass is 9.67. The minimum Gasteiger partial charge on any atom is -0.310 e. The molecule has 0 amide bonds. The fraction of sp³-hybridized carbons (Fsp3) is 0.0769.